The third-order valence-corrected chi connectivity index (χ3v) is 5.39. The van der Waals surface area contributed by atoms with Gasteiger partial charge in [0.15, 0.2) is 17.2 Å². The summed E-state index contributed by atoms with van der Waals surface area (Å²) in [6, 6.07) is 11.0. The Balaban J connectivity index is 1.75. The highest BCUT2D eigenvalue weighted by molar-refractivity contribution is 9.10. The average Bonchev–Trinajstić information content (AvgIpc) is 2.63. The molecule has 1 saturated heterocycles. The van der Waals surface area contributed by atoms with Crippen LogP contribution in [0.15, 0.2) is 40.9 Å². The number of methoxy groups -OCH3 is 1. The van der Waals surface area contributed by atoms with Gasteiger partial charge in [0.1, 0.15) is 5.75 Å². The van der Waals surface area contributed by atoms with Gasteiger partial charge in [-0.2, -0.15) is 0 Å². The highest BCUT2D eigenvalue weighted by atomic mass is 79.9. The van der Waals surface area contributed by atoms with E-state index in [2.05, 4.69) is 21.2 Å². The molecule has 2 aromatic rings. The number of hydrogen-bond acceptors (Lipinski definition) is 4. The zero-order valence-electron chi connectivity index (χ0n) is 15.4. The lowest BCUT2D eigenvalue weighted by molar-refractivity contribution is 0.0349. The number of benzene rings is 2. The van der Waals surface area contributed by atoms with Gasteiger partial charge in [-0.25, -0.2) is 4.79 Å². The normalized spacial score (nSPS) is 23.2. The number of hydrogen-bond donors (Lipinski definition) is 1. The van der Waals surface area contributed by atoms with E-state index in [1.54, 1.807) is 12.0 Å². The molecule has 7 heteroatoms. The smallest absolute Gasteiger partial charge is 0.325 e. The number of urea groups is 1. The summed E-state index contributed by atoms with van der Waals surface area (Å²) in [6.07, 6.45) is 0.624. The molecule has 0 unspecified atom stereocenters. The summed E-state index contributed by atoms with van der Waals surface area (Å²) >= 11 is 3.50. The number of ether oxygens (including phenoxy) is 3. The van der Waals surface area contributed by atoms with Crippen LogP contribution in [-0.4, -0.2) is 25.5 Å². The predicted octanol–water partition coefficient (Wildman–Crippen LogP) is 4.63. The second-order valence-corrected chi connectivity index (χ2v) is 7.69. The van der Waals surface area contributed by atoms with Gasteiger partial charge in [0, 0.05) is 22.1 Å². The molecular weight excluding hydrogens is 412 g/mol. The van der Waals surface area contributed by atoms with Gasteiger partial charge in [0.25, 0.3) is 0 Å². The lowest BCUT2D eigenvalue weighted by Crippen LogP contribution is -2.65. The monoisotopic (exact) mass is 432 g/mol. The van der Waals surface area contributed by atoms with Crippen molar-refractivity contribution in [3.05, 3.63) is 46.4 Å². The minimum absolute atomic E-state index is 0.142. The zero-order valence-corrected chi connectivity index (χ0v) is 17.0. The molecule has 2 aliphatic rings. The van der Waals surface area contributed by atoms with Gasteiger partial charge in [0.2, 0.25) is 0 Å². The number of nitrogens with zero attached hydrogens (tertiary/aromatic N) is 1. The van der Waals surface area contributed by atoms with Crippen molar-refractivity contribution in [3.8, 4) is 17.2 Å². The summed E-state index contributed by atoms with van der Waals surface area (Å²) in [5.74, 6) is 2.07. The van der Waals surface area contributed by atoms with E-state index in [9.17, 15) is 4.79 Å². The summed E-state index contributed by atoms with van der Waals surface area (Å²) in [4.78, 5) is 14.6. The molecular formula is C20H21BrN2O4. The van der Waals surface area contributed by atoms with Gasteiger partial charge >= 0.3 is 6.03 Å². The van der Waals surface area contributed by atoms with Crippen molar-refractivity contribution >= 4 is 27.6 Å². The number of carbonyl (C=O) groups is 1. The van der Waals surface area contributed by atoms with Gasteiger partial charge < -0.3 is 19.5 Å². The highest BCUT2D eigenvalue weighted by Crippen LogP contribution is 2.50. The Morgan fingerprint density at radius 1 is 1.33 bits per heavy atom. The van der Waals surface area contributed by atoms with Crippen molar-refractivity contribution in [1.82, 2.24) is 5.32 Å². The Kier molecular flexibility index (Phi) is 4.42. The Labute approximate surface area is 166 Å². The minimum Gasteiger partial charge on any atom is -0.494 e. The van der Waals surface area contributed by atoms with Crippen LogP contribution in [0.5, 0.6) is 17.2 Å². The highest BCUT2D eigenvalue weighted by Gasteiger charge is 2.50. The summed E-state index contributed by atoms with van der Waals surface area (Å²) in [5, 5.41) is 3.10. The Morgan fingerprint density at radius 3 is 2.74 bits per heavy atom. The quantitative estimate of drug-likeness (QED) is 0.764. The van der Waals surface area contributed by atoms with Crippen LogP contribution in [0.1, 0.15) is 31.9 Å². The average molecular weight is 433 g/mol. The van der Waals surface area contributed by atoms with Gasteiger partial charge in [-0.1, -0.05) is 15.9 Å². The fourth-order valence-electron chi connectivity index (χ4n) is 3.80. The van der Waals surface area contributed by atoms with Crippen molar-refractivity contribution in [2.24, 2.45) is 0 Å². The van der Waals surface area contributed by atoms with E-state index in [-0.39, 0.29) is 12.1 Å². The molecule has 142 valence electrons. The van der Waals surface area contributed by atoms with Crippen LogP contribution in [0.3, 0.4) is 0 Å². The van der Waals surface area contributed by atoms with Gasteiger partial charge in [-0.05, 0) is 50.2 Å². The van der Waals surface area contributed by atoms with E-state index in [0.717, 1.165) is 21.5 Å². The number of carbonyl (C=O) groups excluding carboxylic acids is 1. The number of rotatable bonds is 4. The number of amides is 2. The summed E-state index contributed by atoms with van der Waals surface area (Å²) < 4.78 is 18.3. The maximum atomic E-state index is 12.9. The van der Waals surface area contributed by atoms with Crippen LogP contribution in [0.2, 0.25) is 0 Å². The molecule has 2 amide bonds. The van der Waals surface area contributed by atoms with Crippen molar-refractivity contribution < 1.29 is 19.0 Å². The molecule has 0 radical (unpaired) electrons. The van der Waals surface area contributed by atoms with E-state index in [1.807, 2.05) is 50.2 Å². The van der Waals surface area contributed by atoms with Crippen molar-refractivity contribution in [2.45, 2.75) is 32.0 Å². The first kappa shape index (κ1) is 18.0. The van der Waals surface area contributed by atoms with Crippen molar-refractivity contribution in [3.63, 3.8) is 0 Å². The molecule has 4 rings (SSSR count). The van der Waals surface area contributed by atoms with Crippen LogP contribution in [0.4, 0.5) is 10.5 Å². The maximum Gasteiger partial charge on any atom is 0.325 e. The largest absolute Gasteiger partial charge is 0.494 e. The van der Waals surface area contributed by atoms with E-state index in [0.29, 0.717) is 24.5 Å². The van der Waals surface area contributed by atoms with Crippen molar-refractivity contribution in [1.29, 1.82) is 0 Å². The predicted molar refractivity (Wildman–Crippen MR) is 106 cm³/mol. The number of halogens is 1. The molecule has 2 heterocycles. The lowest BCUT2D eigenvalue weighted by atomic mass is 9.90. The molecule has 1 N–H and O–H groups in total. The summed E-state index contributed by atoms with van der Waals surface area (Å²) in [7, 11) is 1.61. The Hall–Kier alpha value is -2.41. The molecule has 27 heavy (non-hydrogen) atoms. The first-order valence-electron chi connectivity index (χ1n) is 8.85. The number of fused-ring (bicyclic) bond motifs is 4. The standard InChI is InChI=1S/C20H21BrN2O4/c1-4-26-14-7-5-13(6-8-14)23-19(24)22-16-11-20(23,2)27-18-15(16)9-12(21)10-17(18)25-3/h5-10,16H,4,11H2,1-3H3,(H,22,24)/t16-,20-/m1/s1. The fraction of sp³-hybridized carbons (Fsp3) is 0.350. The Bertz CT molecular complexity index is 886. The van der Waals surface area contributed by atoms with Crippen LogP contribution < -0.4 is 24.4 Å². The molecule has 0 aliphatic carbocycles. The molecule has 6 nitrogen and oxygen atoms in total. The molecule has 0 saturated carbocycles. The number of anilines is 1. The van der Waals surface area contributed by atoms with E-state index < -0.39 is 5.72 Å². The van der Waals surface area contributed by atoms with E-state index >= 15 is 0 Å². The molecule has 2 aliphatic heterocycles. The molecule has 2 aromatic carbocycles. The summed E-state index contributed by atoms with van der Waals surface area (Å²) in [6.45, 7) is 4.46. The first-order chi connectivity index (χ1) is 12.9. The molecule has 2 atom stereocenters. The topological polar surface area (TPSA) is 60.0 Å². The molecule has 1 fully saturated rings. The first-order valence-corrected chi connectivity index (χ1v) is 9.64. The van der Waals surface area contributed by atoms with Crippen molar-refractivity contribution in [2.75, 3.05) is 18.6 Å². The third-order valence-electron chi connectivity index (χ3n) is 4.93. The zero-order chi connectivity index (χ0) is 19.2. The maximum absolute atomic E-state index is 12.9. The summed E-state index contributed by atoms with van der Waals surface area (Å²) in [5.41, 5.74) is 0.837. The van der Waals surface area contributed by atoms with Crippen LogP contribution >= 0.6 is 15.9 Å². The molecule has 2 bridgehead atoms. The van der Waals surface area contributed by atoms with Crippen LogP contribution in [0, 0.1) is 0 Å². The van der Waals surface area contributed by atoms with Gasteiger partial charge in [-0.3, -0.25) is 4.90 Å². The van der Waals surface area contributed by atoms with Gasteiger partial charge in [-0.15, -0.1) is 0 Å². The fourth-order valence-corrected chi connectivity index (χ4v) is 4.26. The van der Waals surface area contributed by atoms with E-state index in [4.69, 9.17) is 14.2 Å². The van der Waals surface area contributed by atoms with Gasteiger partial charge in [0.05, 0.1) is 19.8 Å². The second-order valence-electron chi connectivity index (χ2n) is 6.77. The van der Waals surface area contributed by atoms with Crippen LogP contribution in [0.25, 0.3) is 0 Å². The lowest BCUT2D eigenvalue weighted by Gasteiger charge is -2.50. The minimum atomic E-state index is -0.825. The van der Waals surface area contributed by atoms with Crippen LogP contribution in [-0.2, 0) is 0 Å². The number of nitrogens with one attached hydrogen (secondary N) is 1. The van der Waals surface area contributed by atoms with E-state index in [1.165, 1.54) is 0 Å². The second kappa shape index (κ2) is 6.64. The SMILES string of the molecule is CCOc1ccc(N2C(=O)N[C@@H]3C[C@@]2(C)Oc2c(OC)cc(Br)cc23)cc1. The third kappa shape index (κ3) is 3.00. The Morgan fingerprint density at radius 2 is 2.07 bits per heavy atom. The molecule has 0 spiro atoms. The molecule has 0 aromatic heterocycles.